The smallest absolute Gasteiger partial charge is 0.310 e. The van der Waals surface area contributed by atoms with Crippen LogP contribution in [-0.2, 0) is 22.6 Å². The Morgan fingerprint density at radius 3 is 2.54 bits per heavy atom. The van der Waals surface area contributed by atoms with Gasteiger partial charge >= 0.3 is 5.97 Å². The number of hydrogen-bond donors (Lipinski definition) is 0. The number of benzene rings is 2. The summed E-state index contributed by atoms with van der Waals surface area (Å²) in [5.41, 5.74) is 4.10. The van der Waals surface area contributed by atoms with Gasteiger partial charge < -0.3 is 9.47 Å². The highest BCUT2D eigenvalue weighted by Crippen LogP contribution is 2.25. The first kappa shape index (κ1) is 19.8. The van der Waals surface area contributed by atoms with Gasteiger partial charge in [-0.05, 0) is 32.0 Å². The van der Waals surface area contributed by atoms with Crippen molar-refractivity contribution in [1.29, 1.82) is 0 Å². The van der Waals surface area contributed by atoms with Gasteiger partial charge in [-0.15, -0.1) is 11.3 Å². The van der Waals surface area contributed by atoms with E-state index in [9.17, 15) is 9.59 Å². The lowest BCUT2D eigenvalue weighted by molar-refractivity contribution is -0.144. The fraction of sp³-hybridized carbons (Fsp3) is 0.227. The molecule has 6 heteroatoms. The van der Waals surface area contributed by atoms with Crippen molar-refractivity contribution >= 4 is 23.1 Å². The minimum Gasteiger partial charge on any atom is -0.496 e. The van der Waals surface area contributed by atoms with Crippen molar-refractivity contribution in [3.8, 4) is 16.3 Å². The fourth-order valence-electron chi connectivity index (χ4n) is 2.70. The second-order valence-corrected chi connectivity index (χ2v) is 7.29. The minimum atomic E-state index is -0.399. The van der Waals surface area contributed by atoms with Crippen LogP contribution >= 0.6 is 11.3 Å². The molecule has 144 valence electrons. The number of esters is 1. The molecule has 0 N–H and O–H groups in total. The number of hydrogen-bond acceptors (Lipinski definition) is 6. The maximum atomic E-state index is 12.3. The summed E-state index contributed by atoms with van der Waals surface area (Å²) in [7, 11) is 1.53. The lowest BCUT2D eigenvalue weighted by atomic mass is 10.0. The molecule has 0 radical (unpaired) electrons. The number of rotatable bonds is 7. The summed E-state index contributed by atoms with van der Waals surface area (Å²) in [6.07, 6.45) is 0.0270. The molecule has 2 aromatic carbocycles. The molecule has 0 bridgehead atoms. The summed E-state index contributed by atoms with van der Waals surface area (Å²) >= 11 is 1.52. The van der Waals surface area contributed by atoms with Crippen LogP contribution in [0.5, 0.6) is 5.75 Å². The molecule has 0 spiro atoms. The first-order chi connectivity index (χ1) is 13.5. The van der Waals surface area contributed by atoms with E-state index in [2.05, 4.69) is 4.98 Å². The number of aromatic nitrogens is 1. The van der Waals surface area contributed by atoms with Gasteiger partial charge in [0, 0.05) is 22.1 Å². The Labute approximate surface area is 168 Å². The van der Waals surface area contributed by atoms with Gasteiger partial charge in [-0.1, -0.05) is 29.8 Å². The quantitative estimate of drug-likeness (QED) is 0.432. The van der Waals surface area contributed by atoms with Crippen molar-refractivity contribution in [3.05, 3.63) is 70.2 Å². The van der Waals surface area contributed by atoms with Crippen LogP contribution in [0.4, 0.5) is 0 Å². The highest BCUT2D eigenvalue weighted by Gasteiger charge is 2.13. The molecule has 5 nitrogen and oxygen atoms in total. The summed E-state index contributed by atoms with van der Waals surface area (Å²) in [6, 6.07) is 13.2. The van der Waals surface area contributed by atoms with Crippen molar-refractivity contribution < 1.29 is 19.1 Å². The summed E-state index contributed by atoms with van der Waals surface area (Å²) in [5.74, 6) is 0.0875. The molecule has 1 heterocycles. The second-order valence-electron chi connectivity index (χ2n) is 6.43. The van der Waals surface area contributed by atoms with Crippen LogP contribution < -0.4 is 4.74 Å². The normalized spacial score (nSPS) is 10.5. The molecular weight excluding hydrogens is 374 g/mol. The number of nitrogens with zero attached hydrogens (tertiary/aromatic N) is 1. The molecule has 28 heavy (non-hydrogen) atoms. The zero-order valence-corrected chi connectivity index (χ0v) is 16.8. The maximum Gasteiger partial charge on any atom is 0.310 e. The second kappa shape index (κ2) is 8.80. The first-order valence-corrected chi connectivity index (χ1v) is 9.69. The fourth-order valence-corrected chi connectivity index (χ4v) is 3.51. The number of Topliss-reactive ketones (excluding diaryl/α,β-unsaturated/α-hetero) is 1. The SMILES string of the molecule is COc1ccc(C(C)=O)cc1CC(=O)OCc1csc(-c2ccc(C)cc2)n1. The van der Waals surface area contributed by atoms with Crippen LogP contribution in [0.15, 0.2) is 47.8 Å². The van der Waals surface area contributed by atoms with Gasteiger partial charge in [0.1, 0.15) is 17.4 Å². The summed E-state index contributed by atoms with van der Waals surface area (Å²) in [6.45, 7) is 3.63. The highest BCUT2D eigenvalue weighted by atomic mass is 32.1. The van der Waals surface area contributed by atoms with E-state index >= 15 is 0 Å². The maximum absolute atomic E-state index is 12.3. The molecule has 0 atom stereocenters. The first-order valence-electron chi connectivity index (χ1n) is 8.81. The van der Waals surface area contributed by atoms with Crippen LogP contribution in [-0.4, -0.2) is 23.8 Å². The van der Waals surface area contributed by atoms with Crippen LogP contribution in [0, 0.1) is 6.92 Å². The predicted molar refractivity (Wildman–Crippen MR) is 109 cm³/mol. The molecule has 0 unspecified atom stereocenters. The Kier molecular flexibility index (Phi) is 6.21. The van der Waals surface area contributed by atoms with Gasteiger partial charge in [-0.2, -0.15) is 0 Å². The Morgan fingerprint density at radius 2 is 1.86 bits per heavy atom. The Bertz CT molecular complexity index is 992. The molecule has 3 rings (SSSR count). The number of methoxy groups -OCH3 is 1. The number of aryl methyl sites for hydroxylation is 1. The number of thiazole rings is 1. The Morgan fingerprint density at radius 1 is 1.11 bits per heavy atom. The highest BCUT2D eigenvalue weighted by molar-refractivity contribution is 7.13. The topological polar surface area (TPSA) is 65.5 Å². The lowest BCUT2D eigenvalue weighted by Crippen LogP contribution is -2.10. The van der Waals surface area contributed by atoms with E-state index in [1.807, 2.05) is 36.6 Å². The molecular formula is C22H21NO4S. The zero-order chi connectivity index (χ0) is 20.1. The van der Waals surface area contributed by atoms with Gasteiger partial charge in [0.25, 0.3) is 0 Å². The van der Waals surface area contributed by atoms with E-state index in [4.69, 9.17) is 9.47 Å². The van der Waals surface area contributed by atoms with Crippen LogP contribution in [0.3, 0.4) is 0 Å². The minimum absolute atomic E-state index is 0.0270. The van der Waals surface area contributed by atoms with Crippen LogP contribution in [0.2, 0.25) is 0 Å². The Balaban J connectivity index is 1.63. The molecule has 0 fully saturated rings. The van der Waals surface area contributed by atoms with Gasteiger partial charge in [0.05, 0.1) is 19.2 Å². The number of ketones is 1. The van der Waals surface area contributed by atoms with E-state index in [-0.39, 0.29) is 18.8 Å². The largest absolute Gasteiger partial charge is 0.496 e. The standard InChI is InChI=1S/C22H21NO4S/c1-14-4-6-16(7-5-14)22-23-19(13-28-22)12-27-21(25)11-18-10-17(15(2)24)8-9-20(18)26-3/h4-10,13H,11-12H2,1-3H3. The van der Waals surface area contributed by atoms with Crippen molar-refractivity contribution in [3.63, 3.8) is 0 Å². The van der Waals surface area contributed by atoms with Gasteiger partial charge in [0.2, 0.25) is 0 Å². The zero-order valence-electron chi connectivity index (χ0n) is 16.0. The van der Waals surface area contributed by atoms with E-state index in [0.29, 0.717) is 22.6 Å². The molecule has 0 amide bonds. The lowest BCUT2D eigenvalue weighted by Gasteiger charge is -2.09. The number of ether oxygens (including phenoxy) is 2. The molecule has 0 aliphatic carbocycles. The van der Waals surface area contributed by atoms with Gasteiger partial charge in [-0.25, -0.2) is 4.98 Å². The molecule has 1 aromatic heterocycles. The van der Waals surface area contributed by atoms with E-state index in [0.717, 1.165) is 10.6 Å². The monoisotopic (exact) mass is 395 g/mol. The summed E-state index contributed by atoms with van der Waals surface area (Å²) in [4.78, 5) is 28.4. The third-order valence-electron chi connectivity index (χ3n) is 4.25. The van der Waals surface area contributed by atoms with Crippen LogP contribution in [0.1, 0.15) is 34.1 Å². The van der Waals surface area contributed by atoms with E-state index < -0.39 is 5.97 Å². The number of carbonyl (C=O) groups excluding carboxylic acids is 2. The molecule has 0 aliphatic rings. The van der Waals surface area contributed by atoms with E-state index in [1.54, 1.807) is 18.2 Å². The average molecular weight is 395 g/mol. The molecule has 0 saturated carbocycles. The van der Waals surface area contributed by atoms with Gasteiger partial charge in [0.15, 0.2) is 5.78 Å². The third kappa shape index (κ3) is 4.84. The van der Waals surface area contributed by atoms with Gasteiger partial charge in [-0.3, -0.25) is 9.59 Å². The summed E-state index contributed by atoms with van der Waals surface area (Å²) < 4.78 is 10.6. The average Bonchev–Trinajstić information content (AvgIpc) is 3.16. The number of carbonyl (C=O) groups is 2. The summed E-state index contributed by atoms with van der Waals surface area (Å²) in [5, 5.41) is 2.78. The van der Waals surface area contributed by atoms with Crippen molar-refractivity contribution in [1.82, 2.24) is 4.98 Å². The molecule has 0 saturated heterocycles. The molecule has 3 aromatic rings. The van der Waals surface area contributed by atoms with Crippen molar-refractivity contribution in [2.24, 2.45) is 0 Å². The van der Waals surface area contributed by atoms with E-state index in [1.165, 1.54) is 30.9 Å². The third-order valence-corrected chi connectivity index (χ3v) is 5.19. The predicted octanol–water partition coefficient (Wildman–Crippen LogP) is 4.62. The van der Waals surface area contributed by atoms with Crippen molar-refractivity contribution in [2.45, 2.75) is 26.9 Å². The van der Waals surface area contributed by atoms with Crippen molar-refractivity contribution in [2.75, 3.05) is 7.11 Å². The Hall–Kier alpha value is -2.99. The molecule has 0 aliphatic heterocycles. The van der Waals surface area contributed by atoms with Crippen LogP contribution in [0.25, 0.3) is 10.6 Å².